The standard InChI is InChI=1S/C22H24N2/c1-2-4-19-18(3-1)20(24-14-23-13-21(19)24)5-6-22-10-15-7-16(11-22)9-17(8-15)12-22/h1-6,13-17,20H,7-12H2/b6-5+. The van der Waals surface area contributed by atoms with Gasteiger partial charge in [0.2, 0.25) is 0 Å². The Morgan fingerprint density at radius 2 is 1.71 bits per heavy atom. The molecular weight excluding hydrogens is 292 g/mol. The molecule has 0 saturated heterocycles. The highest BCUT2D eigenvalue weighted by atomic mass is 15.1. The van der Waals surface area contributed by atoms with Gasteiger partial charge in [0, 0.05) is 5.56 Å². The molecule has 1 aromatic carbocycles. The molecule has 0 spiro atoms. The first kappa shape index (κ1) is 13.5. The minimum absolute atomic E-state index is 0.340. The normalized spacial score (nSPS) is 38.7. The molecule has 1 aliphatic heterocycles. The van der Waals surface area contributed by atoms with Crippen molar-refractivity contribution in [2.45, 2.75) is 44.6 Å². The fourth-order valence-corrected chi connectivity index (χ4v) is 6.75. The van der Waals surface area contributed by atoms with Crippen molar-refractivity contribution in [1.82, 2.24) is 9.55 Å². The van der Waals surface area contributed by atoms with Gasteiger partial charge < -0.3 is 4.57 Å². The van der Waals surface area contributed by atoms with Crippen LogP contribution in [-0.4, -0.2) is 9.55 Å². The number of rotatable bonds is 2. The van der Waals surface area contributed by atoms with Crippen LogP contribution < -0.4 is 0 Å². The van der Waals surface area contributed by atoms with E-state index in [1.807, 2.05) is 12.5 Å². The van der Waals surface area contributed by atoms with Gasteiger partial charge in [-0.1, -0.05) is 36.4 Å². The molecule has 2 heterocycles. The number of benzene rings is 1. The van der Waals surface area contributed by atoms with E-state index < -0.39 is 0 Å². The van der Waals surface area contributed by atoms with Crippen molar-refractivity contribution in [2.75, 3.05) is 0 Å². The number of allylic oxidation sites excluding steroid dienone is 2. The lowest BCUT2D eigenvalue weighted by atomic mass is 9.49. The second-order valence-electron chi connectivity index (χ2n) is 8.86. The van der Waals surface area contributed by atoms with E-state index in [0.717, 1.165) is 17.8 Å². The summed E-state index contributed by atoms with van der Waals surface area (Å²) in [5, 5.41) is 0. The first-order valence-corrected chi connectivity index (χ1v) is 9.60. The molecule has 0 amide bonds. The average molecular weight is 316 g/mol. The molecule has 0 N–H and O–H groups in total. The highest BCUT2D eigenvalue weighted by Gasteiger charge is 2.49. The van der Waals surface area contributed by atoms with E-state index in [9.17, 15) is 0 Å². The van der Waals surface area contributed by atoms with E-state index in [2.05, 4.69) is 46.0 Å². The van der Waals surface area contributed by atoms with Crippen LogP contribution in [0.5, 0.6) is 0 Å². The number of aromatic nitrogens is 2. The van der Waals surface area contributed by atoms with Crippen molar-refractivity contribution >= 4 is 0 Å². The van der Waals surface area contributed by atoms with Crippen LogP contribution >= 0.6 is 0 Å². The summed E-state index contributed by atoms with van der Waals surface area (Å²) < 4.78 is 2.35. The molecule has 122 valence electrons. The van der Waals surface area contributed by atoms with Crippen LogP contribution in [0.4, 0.5) is 0 Å². The van der Waals surface area contributed by atoms with E-state index in [1.54, 1.807) is 0 Å². The SMILES string of the molecule is C(=C\C12CC3CC(CC(C3)C1)C2)/C1c2ccccc2-c2cncn21. The van der Waals surface area contributed by atoms with Gasteiger partial charge in [-0.3, -0.25) is 0 Å². The van der Waals surface area contributed by atoms with Gasteiger partial charge in [0.1, 0.15) is 0 Å². The molecule has 5 aliphatic rings. The molecule has 0 radical (unpaired) electrons. The van der Waals surface area contributed by atoms with Gasteiger partial charge in [0.05, 0.1) is 24.3 Å². The molecule has 4 bridgehead atoms. The zero-order valence-corrected chi connectivity index (χ0v) is 14.1. The summed E-state index contributed by atoms with van der Waals surface area (Å²) in [7, 11) is 0. The Kier molecular flexibility index (Phi) is 2.59. The van der Waals surface area contributed by atoms with Gasteiger partial charge in [-0.05, 0) is 67.3 Å². The summed E-state index contributed by atoms with van der Waals surface area (Å²) in [5.41, 5.74) is 4.57. The Bertz CT molecular complexity index is 793. The largest absolute Gasteiger partial charge is 0.319 e. The summed E-state index contributed by atoms with van der Waals surface area (Å²) in [6.45, 7) is 0. The Morgan fingerprint density at radius 3 is 2.46 bits per heavy atom. The first-order chi connectivity index (χ1) is 11.8. The van der Waals surface area contributed by atoms with Gasteiger partial charge in [-0.15, -0.1) is 0 Å². The third-order valence-corrected chi connectivity index (χ3v) is 7.24. The molecule has 1 unspecified atom stereocenters. The van der Waals surface area contributed by atoms with Crippen molar-refractivity contribution in [1.29, 1.82) is 0 Å². The summed E-state index contributed by atoms with van der Waals surface area (Å²) in [6, 6.07) is 9.18. The van der Waals surface area contributed by atoms with Crippen molar-refractivity contribution in [3.63, 3.8) is 0 Å². The van der Waals surface area contributed by atoms with Crippen molar-refractivity contribution in [3.05, 3.63) is 54.5 Å². The van der Waals surface area contributed by atoms with E-state index in [4.69, 9.17) is 0 Å². The molecule has 1 aromatic heterocycles. The summed E-state index contributed by atoms with van der Waals surface area (Å²) in [4.78, 5) is 4.40. The summed E-state index contributed by atoms with van der Waals surface area (Å²) in [6.07, 6.45) is 18.0. The Labute approximate surface area is 143 Å². The lowest BCUT2D eigenvalue weighted by Crippen LogP contribution is -2.45. The van der Waals surface area contributed by atoms with Gasteiger partial charge in [-0.2, -0.15) is 0 Å². The highest BCUT2D eigenvalue weighted by molar-refractivity contribution is 5.69. The Hall–Kier alpha value is -1.83. The topological polar surface area (TPSA) is 17.8 Å². The molecular formula is C22H24N2. The lowest BCUT2D eigenvalue weighted by molar-refractivity contribution is -0.0239. The summed E-state index contributed by atoms with van der Waals surface area (Å²) in [5.74, 6) is 3.04. The van der Waals surface area contributed by atoms with Crippen molar-refractivity contribution in [3.8, 4) is 11.3 Å². The van der Waals surface area contributed by atoms with Crippen LogP contribution in [-0.2, 0) is 0 Å². The van der Waals surface area contributed by atoms with Crippen LogP contribution in [0.1, 0.15) is 50.1 Å². The molecule has 1 atom stereocenters. The Morgan fingerprint density at radius 1 is 1.00 bits per heavy atom. The average Bonchev–Trinajstić information content (AvgIpc) is 3.13. The molecule has 7 rings (SSSR count). The number of fused-ring (bicyclic) bond motifs is 3. The minimum atomic E-state index is 0.340. The zero-order valence-electron chi connectivity index (χ0n) is 14.1. The third kappa shape index (κ3) is 1.80. The van der Waals surface area contributed by atoms with Gasteiger partial charge in [0.15, 0.2) is 0 Å². The molecule has 4 aliphatic carbocycles. The lowest BCUT2D eigenvalue weighted by Gasteiger charge is -2.56. The number of imidazole rings is 1. The molecule has 2 aromatic rings. The van der Waals surface area contributed by atoms with Crippen LogP contribution in [0.25, 0.3) is 11.3 Å². The quantitative estimate of drug-likeness (QED) is 0.694. The predicted molar refractivity (Wildman–Crippen MR) is 95.5 cm³/mol. The maximum atomic E-state index is 4.40. The number of hydrogen-bond donors (Lipinski definition) is 0. The first-order valence-electron chi connectivity index (χ1n) is 9.60. The van der Waals surface area contributed by atoms with E-state index >= 15 is 0 Å². The fourth-order valence-electron chi connectivity index (χ4n) is 6.75. The number of nitrogens with zero attached hydrogens (tertiary/aromatic N) is 2. The second kappa shape index (κ2) is 4.62. The molecule has 4 saturated carbocycles. The van der Waals surface area contributed by atoms with Crippen LogP contribution in [0.3, 0.4) is 0 Å². The third-order valence-electron chi connectivity index (χ3n) is 7.24. The summed E-state index contributed by atoms with van der Waals surface area (Å²) >= 11 is 0. The molecule has 2 heteroatoms. The van der Waals surface area contributed by atoms with E-state index in [1.165, 1.54) is 55.3 Å². The zero-order chi connectivity index (χ0) is 15.7. The van der Waals surface area contributed by atoms with Crippen LogP contribution in [0.15, 0.2) is 48.9 Å². The number of hydrogen-bond acceptors (Lipinski definition) is 1. The molecule has 4 fully saturated rings. The van der Waals surface area contributed by atoms with Gasteiger partial charge in [-0.25, -0.2) is 4.98 Å². The van der Waals surface area contributed by atoms with Gasteiger partial charge in [0.25, 0.3) is 0 Å². The Balaban J connectivity index is 1.38. The predicted octanol–water partition coefficient (Wildman–Crippen LogP) is 5.23. The van der Waals surface area contributed by atoms with Gasteiger partial charge >= 0.3 is 0 Å². The van der Waals surface area contributed by atoms with Crippen LogP contribution in [0.2, 0.25) is 0 Å². The van der Waals surface area contributed by atoms with E-state index in [-0.39, 0.29) is 0 Å². The highest BCUT2D eigenvalue weighted by Crippen LogP contribution is 2.60. The molecule has 24 heavy (non-hydrogen) atoms. The second-order valence-corrected chi connectivity index (χ2v) is 8.86. The van der Waals surface area contributed by atoms with Crippen molar-refractivity contribution < 1.29 is 0 Å². The fraction of sp³-hybridized carbons (Fsp3) is 0.500. The minimum Gasteiger partial charge on any atom is -0.319 e. The monoisotopic (exact) mass is 316 g/mol. The van der Waals surface area contributed by atoms with Crippen LogP contribution in [0, 0.1) is 23.2 Å². The van der Waals surface area contributed by atoms with Crippen molar-refractivity contribution in [2.24, 2.45) is 23.2 Å². The molecule has 2 nitrogen and oxygen atoms in total. The maximum absolute atomic E-state index is 4.40. The smallest absolute Gasteiger partial charge is 0.0959 e. The maximum Gasteiger partial charge on any atom is 0.0959 e. The van der Waals surface area contributed by atoms with E-state index in [0.29, 0.717) is 11.5 Å².